The molecule has 0 unspecified atom stereocenters. The third-order valence-corrected chi connectivity index (χ3v) is 5.49. The maximum absolute atomic E-state index is 12.5. The first-order valence-electron chi connectivity index (χ1n) is 8.34. The Morgan fingerprint density at radius 3 is 2.57 bits per heavy atom. The summed E-state index contributed by atoms with van der Waals surface area (Å²) in [7, 11) is 2.94. The van der Waals surface area contributed by atoms with Gasteiger partial charge in [0.15, 0.2) is 5.13 Å². The normalized spacial score (nSPS) is 13.8. The summed E-state index contributed by atoms with van der Waals surface area (Å²) in [6, 6.07) is 3.20. The Morgan fingerprint density at radius 2 is 1.89 bits per heavy atom. The number of hydrogen-bond acceptors (Lipinski definition) is 8. The van der Waals surface area contributed by atoms with E-state index in [2.05, 4.69) is 36.7 Å². The van der Waals surface area contributed by atoms with Crippen molar-refractivity contribution in [2.45, 2.75) is 0 Å². The molecule has 0 atom stereocenters. The standard InChI is InChI=1S/C17H19BrN4O5S/c1-25-10-7-11(14(26-2)12(18)8-10)15(23)20-21-16(24)13-9-28-17(19-13)22-3-5-27-6-4-22/h7-9H,3-6H2,1-2H3,(H,20,23)(H,21,24). The van der Waals surface area contributed by atoms with E-state index >= 15 is 0 Å². The molecule has 2 heterocycles. The van der Waals surface area contributed by atoms with Gasteiger partial charge in [-0.3, -0.25) is 20.4 Å². The van der Waals surface area contributed by atoms with Gasteiger partial charge in [0.05, 0.1) is 37.5 Å². The van der Waals surface area contributed by atoms with Crippen molar-refractivity contribution in [2.24, 2.45) is 0 Å². The number of rotatable bonds is 5. The molecule has 28 heavy (non-hydrogen) atoms. The maximum Gasteiger partial charge on any atom is 0.289 e. The molecule has 0 spiro atoms. The minimum absolute atomic E-state index is 0.210. The Labute approximate surface area is 174 Å². The van der Waals surface area contributed by atoms with Gasteiger partial charge in [-0.25, -0.2) is 4.98 Å². The summed E-state index contributed by atoms with van der Waals surface area (Å²) in [6.07, 6.45) is 0. The van der Waals surface area contributed by atoms with E-state index in [1.807, 2.05) is 0 Å². The molecular weight excluding hydrogens is 452 g/mol. The fourth-order valence-corrected chi connectivity index (χ4v) is 4.04. The highest BCUT2D eigenvalue weighted by molar-refractivity contribution is 9.10. The van der Waals surface area contributed by atoms with E-state index in [-0.39, 0.29) is 11.3 Å². The summed E-state index contributed by atoms with van der Waals surface area (Å²) in [4.78, 5) is 31.2. The molecule has 11 heteroatoms. The summed E-state index contributed by atoms with van der Waals surface area (Å²) in [5, 5.41) is 2.40. The zero-order valence-corrected chi connectivity index (χ0v) is 17.7. The molecule has 1 aromatic carbocycles. The molecule has 1 aliphatic rings. The summed E-state index contributed by atoms with van der Waals surface area (Å²) < 4.78 is 16.3. The van der Waals surface area contributed by atoms with Crippen molar-refractivity contribution in [1.29, 1.82) is 0 Å². The number of anilines is 1. The summed E-state index contributed by atoms with van der Waals surface area (Å²) in [6.45, 7) is 2.73. The van der Waals surface area contributed by atoms with Crippen molar-refractivity contribution >= 4 is 44.2 Å². The molecule has 2 aromatic rings. The van der Waals surface area contributed by atoms with Gasteiger partial charge in [-0.1, -0.05) is 0 Å². The molecule has 0 aliphatic carbocycles. The third kappa shape index (κ3) is 4.54. The smallest absolute Gasteiger partial charge is 0.289 e. The minimum Gasteiger partial charge on any atom is -0.497 e. The maximum atomic E-state index is 12.5. The fraction of sp³-hybridized carbons (Fsp3) is 0.353. The molecule has 150 valence electrons. The molecule has 2 amide bonds. The van der Waals surface area contributed by atoms with Crippen LogP contribution in [0.25, 0.3) is 0 Å². The van der Waals surface area contributed by atoms with E-state index < -0.39 is 11.8 Å². The van der Waals surface area contributed by atoms with E-state index in [9.17, 15) is 9.59 Å². The second-order valence-electron chi connectivity index (χ2n) is 5.71. The summed E-state index contributed by atoms with van der Waals surface area (Å²) >= 11 is 4.70. The van der Waals surface area contributed by atoms with Gasteiger partial charge in [0, 0.05) is 18.5 Å². The van der Waals surface area contributed by atoms with Gasteiger partial charge in [0.2, 0.25) is 0 Å². The van der Waals surface area contributed by atoms with E-state index in [1.54, 1.807) is 11.4 Å². The quantitative estimate of drug-likeness (QED) is 0.642. The van der Waals surface area contributed by atoms with Gasteiger partial charge >= 0.3 is 0 Å². The van der Waals surface area contributed by atoms with Gasteiger partial charge in [-0.2, -0.15) is 0 Å². The molecule has 2 N–H and O–H groups in total. The van der Waals surface area contributed by atoms with Crippen LogP contribution in [-0.2, 0) is 4.74 Å². The van der Waals surface area contributed by atoms with Gasteiger partial charge in [-0.05, 0) is 28.1 Å². The molecule has 1 fully saturated rings. The number of carbonyl (C=O) groups excluding carboxylic acids is 2. The fourth-order valence-electron chi connectivity index (χ4n) is 2.58. The number of thiazole rings is 1. The van der Waals surface area contributed by atoms with Crippen molar-refractivity contribution in [3.63, 3.8) is 0 Å². The third-order valence-electron chi connectivity index (χ3n) is 4.00. The van der Waals surface area contributed by atoms with Crippen molar-refractivity contribution < 1.29 is 23.8 Å². The lowest BCUT2D eigenvalue weighted by Gasteiger charge is -2.25. The lowest BCUT2D eigenvalue weighted by atomic mass is 10.2. The summed E-state index contributed by atoms with van der Waals surface area (Å²) in [5.41, 5.74) is 5.18. The van der Waals surface area contributed by atoms with E-state index in [0.29, 0.717) is 29.2 Å². The molecule has 1 aliphatic heterocycles. The van der Waals surface area contributed by atoms with Crippen LogP contribution >= 0.6 is 27.3 Å². The number of ether oxygens (including phenoxy) is 3. The predicted octanol–water partition coefficient (Wildman–Crippen LogP) is 1.83. The molecule has 0 bridgehead atoms. The Morgan fingerprint density at radius 1 is 1.18 bits per heavy atom. The van der Waals surface area contributed by atoms with Gasteiger partial charge in [0.1, 0.15) is 17.2 Å². The second-order valence-corrected chi connectivity index (χ2v) is 7.40. The van der Waals surface area contributed by atoms with Crippen LogP contribution in [0.1, 0.15) is 20.8 Å². The van der Waals surface area contributed by atoms with E-state index in [0.717, 1.165) is 18.2 Å². The first-order valence-corrected chi connectivity index (χ1v) is 10.0. The SMILES string of the molecule is COc1cc(Br)c(OC)c(C(=O)NNC(=O)c2csc(N3CCOCC3)n2)c1. The molecule has 3 rings (SSSR count). The minimum atomic E-state index is -0.548. The number of amides is 2. The van der Waals surface area contributed by atoms with Crippen LogP contribution in [0.5, 0.6) is 11.5 Å². The molecule has 0 radical (unpaired) electrons. The lowest BCUT2D eigenvalue weighted by Crippen LogP contribution is -2.42. The van der Waals surface area contributed by atoms with Crippen LogP contribution in [-0.4, -0.2) is 57.3 Å². The Hall–Kier alpha value is -2.37. The Bertz CT molecular complexity index is 869. The Kier molecular flexibility index (Phi) is 6.70. The van der Waals surface area contributed by atoms with Crippen LogP contribution in [0.15, 0.2) is 22.0 Å². The highest BCUT2D eigenvalue weighted by atomic mass is 79.9. The van der Waals surface area contributed by atoms with Crippen LogP contribution in [0.2, 0.25) is 0 Å². The molecule has 0 saturated carbocycles. The number of halogens is 1. The zero-order valence-electron chi connectivity index (χ0n) is 15.3. The first-order chi connectivity index (χ1) is 13.5. The number of nitrogens with zero attached hydrogens (tertiary/aromatic N) is 2. The van der Waals surface area contributed by atoms with Crippen molar-refractivity contribution in [3.05, 3.63) is 33.2 Å². The largest absolute Gasteiger partial charge is 0.497 e. The highest BCUT2D eigenvalue weighted by Gasteiger charge is 2.20. The van der Waals surface area contributed by atoms with Crippen LogP contribution in [0.4, 0.5) is 5.13 Å². The van der Waals surface area contributed by atoms with Crippen molar-refractivity contribution in [2.75, 3.05) is 45.4 Å². The first kappa shape index (κ1) is 20.4. The average Bonchev–Trinajstić information content (AvgIpc) is 3.22. The zero-order chi connectivity index (χ0) is 20.1. The number of benzene rings is 1. The molecular formula is C17H19BrN4O5S. The van der Waals surface area contributed by atoms with Crippen molar-refractivity contribution in [3.8, 4) is 11.5 Å². The lowest BCUT2D eigenvalue weighted by molar-refractivity contribution is 0.0842. The number of hydrogen-bond donors (Lipinski definition) is 2. The topological polar surface area (TPSA) is 102 Å². The van der Waals surface area contributed by atoms with Crippen molar-refractivity contribution in [1.82, 2.24) is 15.8 Å². The number of carbonyl (C=O) groups is 2. The van der Waals surface area contributed by atoms with E-state index in [4.69, 9.17) is 14.2 Å². The van der Waals surface area contributed by atoms with Crippen LogP contribution in [0.3, 0.4) is 0 Å². The molecule has 1 aromatic heterocycles. The van der Waals surface area contributed by atoms with Gasteiger partial charge in [-0.15, -0.1) is 11.3 Å². The molecule has 9 nitrogen and oxygen atoms in total. The highest BCUT2D eigenvalue weighted by Crippen LogP contribution is 2.33. The van der Waals surface area contributed by atoms with Gasteiger partial charge in [0.25, 0.3) is 11.8 Å². The monoisotopic (exact) mass is 470 g/mol. The summed E-state index contributed by atoms with van der Waals surface area (Å²) in [5.74, 6) is -0.256. The number of morpholine rings is 1. The number of hydrazine groups is 1. The van der Waals surface area contributed by atoms with Gasteiger partial charge < -0.3 is 19.1 Å². The molecule has 1 saturated heterocycles. The average molecular weight is 471 g/mol. The number of nitrogens with one attached hydrogen (secondary N) is 2. The Balaban J connectivity index is 1.65. The number of aromatic nitrogens is 1. The van der Waals surface area contributed by atoms with Crippen LogP contribution < -0.4 is 25.2 Å². The second kappa shape index (κ2) is 9.22. The predicted molar refractivity (Wildman–Crippen MR) is 107 cm³/mol. The number of methoxy groups -OCH3 is 2. The van der Waals surface area contributed by atoms with E-state index in [1.165, 1.54) is 31.6 Å². The van der Waals surface area contributed by atoms with Crippen LogP contribution in [0, 0.1) is 0 Å².